The van der Waals surface area contributed by atoms with Gasteiger partial charge >= 0.3 is 0 Å². The first kappa shape index (κ1) is 13.5. The van der Waals surface area contributed by atoms with Crippen LogP contribution in [0.1, 0.15) is 5.56 Å². The number of benzene rings is 3. The fourth-order valence-corrected chi connectivity index (χ4v) is 2.60. The molecule has 106 valence electrons. The Morgan fingerprint density at radius 1 is 1.00 bits per heavy atom. The van der Waals surface area contributed by atoms with Crippen LogP contribution < -0.4 is 10.5 Å². The third-order valence-corrected chi connectivity index (χ3v) is 3.67. The molecule has 0 aliphatic heterocycles. The lowest BCUT2D eigenvalue weighted by molar-refractivity contribution is 0.374. The molecule has 0 amide bonds. The summed E-state index contributed by atoms with van der Waals surface area (Å²) in [6, 6.07) is 17.8. The molecule has 3 aromatic rings. The summed E-state index contributed by atoms with van der Waals surface area (Å²) in [5, 5.41) is 12.7. The maximum Gasteiger partial charge on any atom is 0.165 e. The zero-order valence-corrected chi connectivity index (χ0v) is 11.8. The predicted octanol–water partition coefficient (Wildman–Crippen LogP) is 3.68. The average molecular weight is 279 g/mol. The monoisotopic (exact) mass is 279 g/mol. The SMILES string of the molecule is COc1cc(CN)cc(-c2cccc3ccccc23)c1O. The molecule has 0 aliphatic rings. The van der Waals surface area contributed by atoms with Crippen molar-refractivity contribution >= 4 is 10.8 Å². The van der Waals surface area contributed by atoms with Crippen molar-refractivity contribution in [1.29, 1.82) is 0 Å². The van der Waals surface area contributed by atoms with Gasteiger partial charge in [-0.2, -0.15) is 0 Å². The molecule has 0 atom stereocenters. The summed E-state index contributed by atoms with van der Waals surface area (Å²) in [5.41, 5.74) is 8.38. The molecule has 0 aromatic heterocycles. The molecule has 3 N–H and O–H groups in total. The normalized spacial score (nSPS) is 10.8. The lowest BCUT2D eigenvalue weighted by Gasteiger charge is -2.13. The Balaban J connectivity index is 2.32. The summed E-state index contributed by atoms with van der Waals surface area (Å²) in [6.45, 7) is 0.397. The lowest BCUT2D eigenvalue weighted by atomic mass is 9.96. The molecule has 3 aromatic carbocycles. The van der Waals surface area contributed by atoms with E-state index in [0.717, 1.165) is 27.5 Å². The molecule has 0 heterocycles. The van der Waals surface area contributed by atoms with Gasteiger partial charge in [-0.1, -0.05) is 42.5 Å². The minimum Gasteiger partial charge on any atom is -0.504 e. The van der Waals surface area contributed by atoms with Gasteiger partial charge in [-0.05, 0) is 34.0 Å². The van der Waals surface area contributed by atoms with Crippen LogP contribution in [0.3, 0.4) is 0 Å². The van der Waals surface area contributed by atoms with Gasteiger partial charge in [0.2, 0.25) is 0 Å². The quantitative estimate of drug-likeness (QED) is 0.769. The van der Waals surface area contributed by atoms with Crippen LogP contribution in [0.15, 0.2) is 54.6 Å². The number of hydrogen-bond acceptors (Lipinski definition) is 3. The van der Waals surface area contributed by atoms with Crippen LogP contribution in [0.5, 0.6) is 11.5 Å². The molecule has 0 spiro atoms. The molecule has 21 heavy (non-hydrogen) atoms. The fourth-order valence-electron chi connectivity index (χ4n) is 2.60. The van der Waals surface area contributed by atoms with E-state index < -0.39 is 0 Å². The van der Waals surface area contributed by atoms with Crippen molar-refractivity contribution in [1.82, 2.24) is 0 Å². The van der Waals surface area contributed by atoms with Gasteiger partial charge in [0, 0.05) is 12.1 Å². The number of phenols is 1. The number of rotatable bonds is 3. The molecule has 3 nitrogen and oxygen atoms in total. The predicted molar refractivity (Wildman–Crippen MR) is 85.5 cm³/mol. The highest BCUT2D eigenvalue weighted by Gasteiger charge is 2.14. The Hall–Kier alpha value is -2.52. The van der Waals surface area contributed by atoms with E-state index in [1.807, 2.05) is 36.4 Å². The van der Waals surface area contributed by atoms with Crippen LogP contribution in [0.2, 0.25) is 0 Å². The van der Waals surface area contributed by atoms with Crippen molar-refractivity contribution in [3.05, 3.63) is 60.2 Å². The summed E-state index contributed by atoms with van der Waals surface area (Å²) in [4.78, 5) is 0. The van der Waals surface area contributed by atoms with E-state index in [2.05, 4.69) is 12.1 Å². The van der Waals surface area contributed by atoms with E-state index >= 15 is 0 Å². The van der Waals surface area contributed by atoms with Crippen LogP contribution in [0, 0.1) is 0 Å². The molecule has 0 radical (unpaired) electrons. The standard InChI is InChI=1S/C18H17NO2/c1-21-17-10-12(11-19)9-16(18(17)20)15-8-4-6-13-5-2-3-7-14(13)15/h2-10,20H,11,19H2,1H3. The van der Waals surface area contributed by atoms with E-state index in [1.54, 1.807) is 13.2 Å². The summed E-state index contributed by atoms with van der Waals surface area (Å²) in [6.07, 6.45) is 0. The molecule has 3 heteroatoms. The zero-order valence-electron chi connectivity index (χ0n) is 11.8. The Morgan fingerprint density at radius 2 is 1.76 bits per heavy atom. The molecule has 0 saturated carbocycles. The van der Waals surface area contributed by atoms with E-state index in [-0.39, 0.29) is 5.75 Å². The van der Waals surface area contributed by atoms with Crippen LogP contribution in [-0.4, -0.2) is 12.2 Å². The Morgan fingerprint density at radius 3 is 2.52 bits per heavy atom. The summed E-state index contributed by atoms with van der Waals surface area (Å²) in [7, 11) is 1.54. The highest BCUT2D eigenvalue weighted by molar-refractivity contribution is 5.98. The smallest absolute Gasteiger partial charge is 0.165 e. The number of hydrogen-bond donors (Lipinski definition) is 2. The number of fused-ring (bicyclic) bond motifs is 1. The molecule has 0 saturated heterocycles. The minimum atomic E-state index is 0.144. The second-order valence-electron chi connectivity index (χ2n) is 4.93. The summed E-state index contributed by atoms with van der Waals surface area (Å²) in [5.74, 6) is 0.590. The first-order valence-electron chi connectivity index (χ1n) is 6.82. The van der Waals surface area contributed by atoms with Crippen LogP contribution >= 0.6 is 0 Å². The number of aromatic hydroxyl groups is 1. The highest BCUT2D eigenvalue weighted by atomic mass is 16.5. The van der Waals surface area contributed by atoms with Crippen molar-refractivity contribution in [2.75, 3.05) is 7.11 Å². The summed E-state index contributed by atoms with van der Waals surface area (Å²) < 4.78 is 5.26. The lowest BCUT2D eigenvalue weighted by Crippen LogP contribution is -1.98. The van der Waals surface area contributed by atoms with Crippen molar-refractivity contribution in [2.45, 2.75) is 6.54 Å². The van der Waals surface area contributed by atoms with Gasteiger partial charge in [0.15, 0.2) is 11.5 Å². The molecule has 0 fully saturated rings. The number of phenolic OH excluding ortho intramolecular Hbond substituents is 1. The van der Waals surface area contributed by atoms with Crippen LogP contribution in [0.4, 0.5) is 0 Å². The minimum absolute atomic E-state index is 0.144. The molecular formula is C18H17NO2. The van der Waals surface area contributed by atoms with Gasteiger partial charge in [0.1, 0.15) is 0 Å². The van der Waals surface area contributed by atoms with Gasteiger partial charge in [0.05, 0.1) is 7.11 Å². The fraction of sp³-hybridized carbons (Fsp3) is 0.111. The topological polar surface area (TPSA) is 55.5 Å². The van der Waals surface area contributed by atoms with Crippen molar-refractivity contribution in [2.24, 2.45) is 5.73 Å². The van der Waals surface area contributed by atoms with Gasteiger partial charge in [-0.3, -0.25) is 0 Å². The molecular weight excluding hydrogens is 262 g/mol. The van der Waals surface area contributed by atoms with Crippen molar-refractivity contribution in [3.8, 4) is 22.6 Å². The second-order valence-corrected chi connectivity index (χ2v) is 4.93. The van der Waals surface area contributed by atoms with Crippen LogP contribution in [0.25, 0.3) is 21.9 Å². The van der Waals surface area contributed by atoms with Crippen LogP contribution in [-0.2, 0) is 6.54 Å². The Bertz CT molecular complexity index is 791. The van der Waals surface area contributed by atoms with E-state index in [9.17, 15) is 5.11 Å². The Labute approximate surface area is 123 Å². The number of nitrogens with two attached hydrogens (primary N) is 1. The molecule has 0 bridgehead atoms. The van der Waals surface area contributed by atoms with E-state index in [0.29, 0.717) is 12.3 Å². The molecule has 0 unspecified atom stereocenters. The van der Waals surface area contributed by atoms with Gasteiger partial charge in [0.25, 0.3) is 0 Å². The average Bonchev–Trinajstić information content (AvgIpc) is 2.54. The highest BCUT2D eigenvalue weighted by Crippen LogP contribution is 2.40. The van der Waals surface area contributed by atoms with E-state index in [4.69, 9.17) is 10.5 Å². The third-order valence-electron chi connectivity index (χ3n) is 3.67. The maximum absolute atomic E-state index is 10.5. The zero-order chi connectivity index (χ0) is 14.8. The number of ether oxygens (including phenoxy) is 1. The largest absolute Gasteiger partial charge is 0.504 e. The summed E-state index contributed by atoms with van der Waals surface area (Å²) >= 11 is 0. The third kappa shape index (κ3) is 2.32. The first-order valence-corrected chi connectivity index (χ1v) is 6.82. The van der Waals surface area contributed by atoms with Gasteiger partial charge in [-0.25, -0.2) is 0 Å². The molecule has 3 rings (SSSR count). The van der Waals surface area contributed by atoms with Gasteiger partial charge in [-0.15, -0.1) is 0 Å². The second kappa shape index (κ2) is 5.46. The first-order chi connectivity index (χ1) is 10.2. The van der Waals surface area contributed by atoms with Crippen molar-refractivity contribution in [3.63, 3.8) is 0 Å². The molecule has 0 aliphatic carbocycles. The van der Waals surface area contributed by atoms with Crippen molar-refractivity contribution < 1.29 is 9.84 Å². The number of methoxy groups -OCH3 is 1. The van der Waals surface area contributed by atoms with E-state index in [1.165, 1.54) is 0 Å². The maximum atomic E-state index is 10.5. The Kier molecular flexibility index (Phi) is 3.50. The van der Waals surface area contributed by atoms with Gasteiger partial charge < -0.3 is 15.6 Å².